The van der Waals surface area contributed by atoms with Crippen LogP contribution in [0, 0.1) is 5.82 Å². The smallest absolute Gasteiger partial charge is 0.254 e. The highest BCUT2D eigenvalue weighted by Crippen LogP contribution is 2.35. The van der Waals surface area contributed by atoms with E-state index < -0.39 is 5.82 Å². The molecule has 2 heterocycles. The van der Waals surface area contributed by atoms with Crippen LogP contribution in [0.2, 0.25) is 0 Å². The number of carbonyl (C=O) groups excluding carboxylic acids is 2. The van der Waals surface area contributed by atoms with Crippen LogP contribution >= 0.6 is 0 Å². The zero-order valence-corrected chi connectivity index (χ0v) is 17.5. The second-order valence-corrected chi connectivity index (χ2v) is 7.78. The van der Waals surface area contributed by atoms with Gasteiger partial charge in [0.25, 0.3) is 5.91 Å². The average Bonchev–Trinajstić information content (AvgIpc) is 2.79. The molecular formula is C23H26FN3O4. The first-order chi connectivity index (χ1) is 15.0. The Kier molecular flexibility index (Phi) is 6.36. The van der Waals surface area contributed by atoms with E-state index >= 15 is 0 Å². The number of para-hydroxylation sites is 1. The number of halogens is 1. The molecule has 0 spiro atoms. The molecule has 0 saturated carbocycles. The van der Waals surface area contributed by atoms with Gasteiger partial charge in [-0.25, -0.2) is 4.39 Å². The highest BCUT2D eigenvalue weighted by atomic mass is 19.1. The number of hydrogen-bond donors (Lipinski definition) is 1. The van der Waals surface area contributed by atoms with E-state index in [1.54, 1.807) is 29.2 Å². The van der Waals surface area contributed by atoms with Crippen LogP contribution in [0.3, 0.4) is 0 Å². The molecule has 1 saturated heterocycles. The number of rotatable bonds is 5. The van der Waals surface area contributed by atoms with E-state index in [1.165, 1.54) is 6.07 Å². The average molecular weight is 427 g/mol. The first-order valence-electron chi connectivity index (χ1n) is 10.4. The second kappa shape index (κ2) is 9.34. The number of morpholine rings is 1. The van der Waals surface area contributed by atoms with Gasteiger partial charge in [-0.1, -0.05) is 18.2 Å². The lowest BCUT2D eigenvalue weighted by atomic mass is 10.1. The molecule has 164 valence electrons. The monoisotopic (exact) mass is 427 g/mol. The summed E-state index contributed by atoms with van der Waals surface area (Å²) in [4.78, 5) is 28.6. The maximum atomic E-state index is 14.0. The number of nitrogens with zero attached hydrogens (tertiary/aromatic N) is 2. The van der Waals surface area contributed by atoms with Crippen LogP contribution in [0.15, 0.2) is 42.5 Å². The van der Waals surface area contributed by atoms with Crippen LogP contribution in [0.4, 0.5) is 10.1 Å². The topological polar surface area (TPSA) is 71.1 Å². The quantitative estimate of drug-likeness (QED) is 0.792. The van der Waals surface area contributed by atoms with Crippen molar-refractivity contribution in [2.75, 3.05) is 44.3 Å². The van der Waals surface area contributed by atoms with Crippen LogP contribution in [0.25, 0.3) is 0 Å². The van der Waals surface area contributed by atoms with Gasteiger partial charge in [-0.15, -0.1) is 0 Å². The van der Waals surface area contributed by atoms with Gasteiger partial charge in [0.15, 0.2) is 11.6 Å². The summed E-state index contributed by atoms with van der Waals surface area (Å²) in [7, 11) is 0. The van der Waals surface area contributed by atoms with E-state index in [1.807, 2.05) is 24.0 Å². The minimum atomic E-state index is -0.429. The Hall–Kier alpha value is -3.13. The normalized spacial score (nSPS) is 18.2. The third-order valence-electron chi connectivity index (χ3n) is 5.41. The van der Waals surface area contributed by atoms with Crippen LogP contribution < -0.4 is 15.0 Å². The van der Waals surface area contributed by atoms with E-state index in [4.69, 9.17) is 9.47 Å². The molecule has 1 N–H and O–H groups in total. The first kappa shape index (κ1) is 21.1. The standard InChI is InChI=1S/C23H26FN3O4/c1-16-14-27(20-4-2-3-19(24)22(20)31-16)15-21(28)25-13-17-5-7-18(8-6-17)23(29)26-9-11-30-12-10-26/h2-8,16H,9-15H2,1H3,(H,25,28). The molecule has 2 amide bonds. The third kappa shape index (κ3) is 4.96. The molecule has 4 rings (SSSR count). The van der Waals surface area contributed by atoms with Crippen LogP contribution in [0.5, 0.6) is 5.75 Å². The lowest BCUT2D eigenvalue weighted by Crippen LogP contribution is -2.44. The minimum Gasteiger partial charge on any atom is -0.484 e. The van der Waals surface area contributed by atoms with Crippen LogP contribution in [0.1, 0.15) is 22.8 Å². The van der Waals surface area contributed by atoms with E-state index in [0.717, 1.165) is 5.56 Å². The fourth-order valence-electron chi connectivity index (χ4n) is 3.80. The van der Waals surface area contributed by atoms with Crippen LogP contribution in [-0.2, 0) is 16.1 Å². The number of fused-ring (bicyclic) bond motifs is 1. The molecule has 0 bridgehead atoms. The summed E-state index contributed by atoms with van der Waals surface area (Å²) in [6.45, 7) is 5.14. The maximum Gasteiger partial charge on any atom is 0.254 e. The van der Waals surface area contributed by atoms with Crippen molar-refractivity contribution in [1.29, 1.82) is 0 Å². The Morgan fingerprint density at radius 1 is 1.13 bits per heavy atom. The molecular weight excluding hydrogens is 401 g/mol. The van der Waals surface area contributed by atoms with Crippen molar-refractivity contribution >= 4 is 17.5 Å². The van der Waals surface area contributed by atoms with Gasteiger partial charge >= 0.3 is 0 Å². The Morgan fingerprint density at radius 2 is 1.87 bits per heavy atom. The van der Waals surface area contributed by atoms with Gasteiger partial charge in [-0.05, 0) is 36.8 Å². The molecule has 2 aromatic rings. The van der Waals surface area contributed by atoms with Gasteiger partial charge < -0.3 is 24.6 Å². The van der Waals surface area contributed by atoms with Gasteiger partial charge in [0, 0.05) is 25.2 Å². The highest BCUT2D eigenvalue weighted by molar-refractivity contribution is 5.94. The summed E-state index contributed by atoms with van der Waals surface area (Å²) < 4.78 is 24.9. The molecule has 2 aliphatic rings. The van der Waals surface area contributed by atoms with Crippen molar-refractivity contribution in [2.24, 2.45) is 0 Å². The van der Waals surface area contributed by atoms with Crippen molar-refractivity contribution in [3.05, 3.63) is 59.4 Å². The molecule has 1 unspecified atom stereocenters. The molecule has 31 heavy (non-hydrogen) atoms. The second-order valence-electron chi connectivity index (χ2n) is 7.78. The van der Waals surface area contributed by atoms with Gasteiger partial charge in [0.05, 0.1) is 32.0 Å². The fourth-order valence-corrected chi connectivity index (χ4v) is 3.80. The van der Waals surface area contributed by atoms with Gasteiger partial charge in [0.2, 0.25) is 5.91 Å². The molecule has 0 radical (unpaired) electrons. The summed E-state index contributed by atoms with van der Waals surface area (Å²) in [6, 6.07) is 12.0. The van der Waals surface area contributed by atoms with Crippen molar-refractivity contribution in [3.8, 4) is 5.75 Å². The van der Waals surface area contributed by atoms with E-state index in [-0.39, 0.29) is 30.2 Å². The molecule has 1 fully saturated rings. The van der Waals surface area contributed by atoms with Crippen LogP contribution in [-0.4, -0.2) is 62.2 Å². The summed E-state index contributed by atoms with van der Waals surface area (Å²) >= 11 is 0. The van der Waals surface area contributed by atoms with Crippen molar-refractivity contribution in [1.82, 2.24) is 10.2 Å². The number of hydrogen-bond acceptors (Lipinski definition) is 5. The molecule has 2 aromatic carbocycles. The van der Waals surface area contributed by atoms with Gasteiger partial charge in [0.1, 0.15) is 6.10 Å². The summed E-state index contributed by atoms with van der Waals surface area (Å²) in [6.07, 6.45) is -0.214. The minimum absolute atomic E-state index is 0.00813. The highest BCUT2D eigenvalue weighted by Gasteiger charge is 2.26. The third-order valence-corrected chi connectivity index (χ3v) is 5.41. The lowest BCUT2D eigenvalue weighted by molar-refractivity contribution is -0.120. The Morgan fingerprint density at radius 3 is 2.61 bits per heavy atom. The zero-order chi connectivity index (χ0) is 21.8. The van der Waals surface area contributed by atoms with Gasteiger partial charge in [-0.3, -0.25) is 9.59 Å². The van der Waals surface area contributed by atoms with E-state index in [9.17, 15) is 14.0 Å². The predicted molar refractivity (Wildman–Crippen MR) is 114 cm³/mol. The Balaban J connectivity index is 1.32. The van der Waals surface area contributed by atoms with Gasteiger partial charge in [-0.2, -0.15) is 0 Å². The zero-order valence-electron chi connectivity index (χ0n) is 17.5. The van der Waals surface area contributed by atoms with E-state index in [2.05, 4.69) is 5.32 Å². The fraction of sp³-hybridized carbons (Fsp3) is 0.391. The largest absolute Gasteiger partial charge is 0.484 e. The van der Waals surface area contributed by atoms with Crippen molar-refractivity contribution in [2.45, 2.75) is 19.6 Å². The molecule has 2 aliphatic heterocycles. The molecule has 8 heteroatoms. The van der Waals surface area contributed by atoms with E-state index in [0.29, 0.717) is 50.6 Å². The number of benzene rings is 2. The molecule has 1 atom stereocenters. The number of ether oxygens (including phenoxy) is 2. The Labute approximate surface area is 180 Å². The van der Waals surface area contributed by atoms with Crippen molar-refractivity contribution < 1.29 is 23.5 Å². The number of anilines is 1. The summed E-state index contributed by atoms with van der Waals surface area (Å²) in [5.41, 5.74) is 2.10. The Bertz CT molecular complexity index is 944. The maximum absolute atomic E-state index is 14.0. The molecule has 7 nitrogen and oxygen atoms in total. The predicted octanol–water partition coefficient (Wildman–Crippen LogP) is 2.20. The number of nitrogens with one attached hydrogen (secondary N) is 1. The van der Waals surface area contributed by atoms with Crippen molar-refractivity contribution in [3.63, 3.8) is 0 Å². The summed E-state index contributed by atoms with van der Waals surface area (Å²) in [5, 5.41) is 2.89. The molecule has 0 aliphatic carbocycles. The lowest BCUT2D eigenvalue weighted by Gasteiger charge is -2.34. The molecule has 0 aromatic heterocycles. The SMILES string of the molecule is CC1CN(CC(=O)NCc2ccc(C(=O)N3CCOCC3)cc2)c2cccc(F)c2O1. The summed E-state index contributed by atoms with van der Waals surface area (Å²) in [5.74, 6) is -0.417. The number of amides is 2. The number of carbonyl (C=O) groups is 2. The first-order valence-corrected chi connectivity index (χ1v) is 10.4.